The van der Waals surface area contributed by atoms with Gasteiger partial charge in [0.15, 0.2) is 17.3 Å². The Labute approximate surface area is 194 Å². The molecule has 4 rings (SSSR count). The lowest BCUT2D eigenvalue weighted by molar-refractivity contribution is -0.129. The van der Waals surface area contributed by atoms with Crippen LogP contribution >= 0.6 is 46.4 Å². The van der Waals surface area contributed by atoms with Crippen LogP contribution in [0.4, 0.5) is 0 Å². The largest absolute Gasteiger partial charge is 0.298 e. The van der Waals surface area contributed by atoms with E-state index in [4.69, 9.17) is 46.4 Å². The van der Waals surface area contributed by atoms with E-state index in [0.29, 0.717) is 11.1 Å². The van der Waals surface area contributed by atoms with Crippen molar-refractivity contribution in [2.45, 2.75) is 34.3 Å². The molecular weight excluding hydrogens is 466 g/mol. The van der Waals surface area contributed by atoms with Crippen molar-refractivity contribution in [2.24, 2.45) is 10.8 Å². The van der Waals surface area contributed by atoms with Gasteiger partial charge in [0, 0.05) is 24.0 Å². The predicted octanol–water partition coefficient (Wildman–Crippen LogP) is 5.53. The molecule has 0 aromatic heterocycles. The summed E-state index contributed by atoms with van der Waals surface area (Å²) in [7, 11) is 0. The lowest BCUT2D eigenvalue weighted by Crippen LogP contribution is -2.36. The lowest BCUT2D eigenvalue weighted by atomic mass is 9.79. The Hall–Kier alpha value is -1.39. The number of halogens is 4. The molecule has 4 unspecified atom stereocenters. The minimum Gasteiger partial charge on any atom is -0.298 e. The highest BCUT2D eigenvalue weighted by atomic mass is 35.5. The summed E-state index contributed by atoms with van der Waals surface area (Å²) < 4.78 is 0. The van der Waals surface area contributed by atoms with E-state index in [-0.39, 0.29) is 30.2 Å². The maximum absolute atomic E-state index is 13.7. The van der Waals surface area contributed by atoms with Crippen molar-refractivity contribution in [1.29, 1.82) is 0 Å². The van der Waals surface area contributed by atoms with Gasteiger partial charge in [0.05, 0.1) is 32.3 Å². The first kappa shape index (κ1) is 21.8. The standard InChI is InChI=1S/C23H18Cl4O3/c24-17-18(25)22(17,11-15(28)13-7-3-1-4-8-13)21(30)23(19(26)20(23)27)12-16(29)14-9-5-2-6-10-14/h1-10,17-20H,11-12H2. The van der Waals surface area contributed by atoms with Gasteiger partial charge in [0.1, 0.15) is 0 Å². The number of Topliss-reactive ketones (excluding diaryl/α,β-unsaturated/α-hetero) is 3. The molecule has 2 fully saturated rings. The van der Waals surface area contributed by atoms with E-state index in [1.165, 1.54) is 0 Å². The van der Waals surface area contributed by atoms with Crippen LogP contribution in [0.1, 0.15) is 33.6 Å². The molecule has 0 saturated heterocycles. The van der Waals surface area contributed by atoms with Gasteiger partial charge in [-0.25, -0.2) is 0 Å². The number of carbonyl (C=O) groups excluding carboxylic acids is 3. The number of ketones is 3. The van der Waals surface area contributed by atoms with Gasteiger partial charge < -0.3 is 0 Å². The summed E-state index contributed by atoms with van der Waals surface area (Å²) in [5.74, 6) is -0.857. The predicted molar refractivity (Wildman–Crippen MR) is 119 cm³/mol. The average Bonchev–Trinajstić information content (AvgIpc) is 3.52. The molecule has 3 nitrogen and oxygen atoms in total. The molecule has 0 heterocycles. The lowest BCUT2D eigenvalue weighted by Gasteiger charge is -2.22. The monoisotopic (exact) mass is 482 g/mol. The second-order valence-corrected chi connectivity index (χ2v) is 9.83. The number of carbonyl (C=O) groups is 3. The molecule has 2 aromatic rings. The Morgan fingerprint density at radius 2 is 0.900 bits per heavy atom. The zero-order chi connectivity index (χ0) is 21.7. The number of alkyl halides is 4. The van der Waals surface area contributed by atoms with Crippen molar-refractivity contribution in [1.82, 2.24) is 0 Å². The molecule has 0 bridgehead atoms. The maximum Gasteiger partial charge on any atom is 0.163 e. The van der Waals surface area contributed by atoms with Crippen molar-refractivity contribution in [3.63, 3.8) is 0 Å². The van der Waals surface area contributed by atoms with E-state index < -0.39 is 32.3 Å². The zero-order valence-electron chi connectivity index (χ0n) is 15.7. The summed E-state index contributed by atoms with van der Waals surface area (Å²) in [4.78, 5) is 39.4. The van der Waals surface area contributed by atoms with Gasteiger partial charge >= 0.3 is 0 Å². The van der Waals surface area contributed by atoms with E-state index in [0.717, 1.165) is 0 Å². The Bertz CT molecular complexity index is 897. The van der Waals surface area contributed by atoms with Crippen molar-refractivity contribution in [2.75, 3.05) is 0 Å². The van der Waals surface area contributed by atoms with Gasteiger partial charge in [-0.2, -0.15) is 0 Å². The van der Waals surface area contributed by atoms with Crippen LogP contribution in [0.3, 0.4) is 0 Å². The first-order chi connectivity index (χ1) is 14.3. The highest BCUT2D eigenvalue weighted by Crippen LogP contribution is 2.68. The van der Waals surface area contributed by atoms with Gasteiger partial charge in [-0.05, 0) is 0 Å². The van der Waals surface area contributed by atoms with E-state index in [2.05, 4.69) is 0 Å². The first-order valence-corrected chi connectivity index (χ1v) is 11.3. The SMILES string of the molecule is O=C(CC1(C(=O)C2(CC(=O)c3ccccc3)C(Cl)C2Cl)C(Cl)C1Cl)c1ccccc1. The number of benzene rings is 2. The fourth-order valence-electron chi connectivity index (χ4n) is 4.17. The molecule has 30 heavy (non-hydrogen) atoms. The number of rotatable bonds is 8. The first-order valence-electron chi connectivity index (χ1n) is 9.54. The van der Waals surface area contributed by atoms with Crippen molar-refractivity contribution < 1.29 is 14.4 Å². The quantitative estimate of drug-likeness (QED) is 0.366. The Morgan fingerprint density at radius 1 is 0.600 bits per heavy atom. The Morgan fingerprint density at radius 3 is 1.17 bits per heavy atom. The molecule has 7 heteroatoms. The van der Waals surface area contributed by atoms with Crippen LogP contribution in [0.5, 0.6) is 0 Å². The molecule has 2 saturated carbocycles. The normalized spacial score (nSPS) is 34.3. The van der Waals surface area contributed by atoms with Crippen LogP contribution in [0.25, 0.3) is 0 Å². The van der Waals surface area contributed by atoms with Gasteiger partial charge in [0.25, 0.3) is 0 Å². The average molecular weight is 484 g/mol. The summed E-state index contributed by atoms with van der Waals surface area (Å²) >= 11 is 25.6. The molecule has 2 aliphatic rings. The molecule has 0 aliphatic heterocycles. The molecule has 0 amide bonds. The van der Waals surface area contributed by atoms with Gasteiger partial charge in [-0.3, -0.25) is 14.4 Å². The summed E-state index contributed by atoms with van der Waals surface area (Å²) in [6.45, 7) is 0. The van der Waals surface area contributed by atoms with Gasteiger partial charge in [-0.1, -0.05) is 60.7 Å². The summed E-state index contributed by atoms with van der Waals surface area (Å²) in [6.07, 6.45) is -0.292. The third-order valence-corrected chi connectivity index (χ3v) is 9.03. The van der Waals surface area contributed by atoms with Gasteiger partial charge in [0.2, 0.25) is 0 Å². The molecule has 2 aliphatic carbocycles. The third-order valence-electron chi connectivity index (χ3n) is 6.21. The number of hydrogen-bond acceptors (Lipinski definition) is 3. The third kappa shape index (κ3) is 3.31. The number of hydrogen-bond donors (Lipinski definition) is 0. The smallest absolute Gasteiger partial charge is 0.163 e. The topological polar surface area (TPSA) is 51.2 Å². The fraction of sp³-hybridized carbons (Fsp3) is 0.348. The van der Waals surface area contributed by atoms with Crippen LogP contribution in [-0.2, 0) is 4.79 Å². The van der Waals surface area contributed by atoms with Crippen LogP contribution in [0, 0.1) is 10.8 Å². The summed E-state index contributed by atoms with van der Waals surface area (Å²) in [6, 6.07) is 17.3. The van der Waals surface area contributed by atoms with E-state index in [1.54, 1.807) is 60.7 Å². The molecule has 0 radical (unpaired) electrons. The van der Waals surface area contributed by atoms with Crippen molar-refractivity contribution in [3.05, 3.63) is 71.8 Å². The minimum atomic E-state index is -1.29. The molecule has 0 N–H and O–H groups in total. The van der Waals surface area contributed by atoms with E-state index >= 15 is 0 Å². The second kappa shape index (κ2) is 7.94. The molecule has 156 valence electrons. The van der Waals surface area contributed by atoms with Crippen LogP contribution in [0.2, 0.25) is 0 Å². The highest BCUT2D eigenvalue weighted by Gasteiger charge is 2.79. The van der Waals surface area contributed by atoms with Crippen LogP contribution in [-0.4, -0.2) is 38.9 Å². The minimum absolute atomic E-state index is 0.146. The highest BCUT2D eigenvalue weighted by molar-refractivity contribution is 6.43. The second-order valence-electron chi connectivity index (χ2n) is 7.95. The van der Waals surface area contributed by atoms with Crippen molar-refractivity contribution >= 4 is 63.8 Å². The zero-order valence-corrected chi connectivity index (χ0v) is 18.8. The Kier molecular flexibility index (Phi) is 5.78. The molecule has 0 spiro atoms. The molecule has 2 aromatic carbocycles. The van der Waals surface area contributed by atoms with Gasteiger partial charge in [-0.15, -0.1) is 46.4 Å². The summed E-state index contributed by atoms with van der Waals surface area (Å²) in [5.41, 5.74) is -1.63. The maximum atomic E-state index is 13.7. The van der Waals surface area contributed by atoms with Crippen LogP contribution < -0.4 is 0 Å². The van der Waals surface area contributed by atoms with Crippen molar-refractivity contribution in [3.8, 4) is 0 Å². The molecular formula is C23H18Cl4O3. The Balaban J connectivity index is 1.62. The van der Waals surface area contributed by atoms with Crippen LogP contribution in [0.15, 0.2) is 60.7 Å². The fourth-order valence-corrected chi connectivity index (χ4v) is 6.15. The van der Waals surface area contributed by atoms with E-state index in [1.807, 2.05) is 0 Å². The summed E-state index contributed by atoms with van der Waals surface area (Å²) in [5, 5.41) is -2.90. The van der Waals surface area contributed by atoms with E-state index in [9.17, 15) is 14.4 Å². The molecule has 4 atom stereocenters.